The lowest BCUT2D eigenvalue weighted by Gasteiger charge is -2.06. The van der Waals surface area contributed by atoms with Gasteiger partial charge in [-0.2, -0.15) is 0 Å². The monoisotopic (exact) mass is 343 g/mol. The van der Waals surface area contributed by atoms with Gasteiger partial charge in [-0.1, -0.05) is 38.0 Å². The van der Waals surface area contributed by atoms with Crippen LogP contribution in [0.25, 0.3) is 0 Å². The number of hydrogen-bond acceptors (Lipinski definition) is 4. The van der Waals surface area contributed by atoms with Gasteiger partial charge in [0.1, 0.15) is 5.75 Å². The van der Waals surface area contributed by atoms with Crippen LogP contribution in [0.5, 0.6) is 5.75 Å². The summed E-state index contributed by atoms with van der Waals surface area (Å²) >= 11 is 0. The average Bonchev–Trinajstić information content (AvgIpc) is 2.66. The topological polar surface area (TPSA) is 75.6 Å². The molecule has 2 rings (SSSR count). The Morgan fingerprint density at radius 3 is 2.32 bits per heavy atom. The quantitative estimate of drug-likeness (QED) is 0.545. The highest BCUT2D eigenvalue weighted by Gasteiger charge is 2.06. The van der Waals surface area contributed by atoms with Crippen molar-refractivity contribution in [2.24, 2.45) is 0 Å². The molecule has 0 saturated carbocycles. The van der Waals surface area contributed by atoms with Crippen molar-refractivity contribution in [3.63, 3.8) is 0 Å². The molecule has 2 aromatic carbocycles. The standard InChI is InChI=1S/C12H19NO.C8H6O3/c1-3-4-5-10-14-12-8-6-11(13-2)7-9-12;9-5-6-3-1-2-4-7(6)8(10)11/h6-9,13H,3-5,10H2,1-2H3;1-5H,(H,10,11). The first-order valence-electron chi connectivity index (χ1n) is 8.30. The normalized spacial score (nSPS) is 9.52. The SMILES string of the molecule is CCCCCOc1ccc(NC)cc1.O=Cc1ccccc1C(=O)O. The third kappa shape index (κ3) is 7.52. The Labute approximate surface area is 148 Å². The van der Waals surface area contributed by atoms with Crippen molar-refractivity contribution in [2.45, 2.75) is 26.2 Å². The first kappa shape index (κ1) is 20.2. The van der Waals surface area contributed by atoms with E-state index in [-0.39, 0.29) is 11.1 Å². The van der Waals surface area contributed by atoms with E-state index >= 15 is 0 Å². The van der Waals surface area contributed by atoms with Gasteiger partial charge in [0.05, 0.1) is 12.2 Å². The first-order valence-corrected chi connectivity index (χ1v) is 8.30. The number of anilines is 1. The Hall–Kier alpha value is -2.82. The molecule has 5 nitrogen and oxygen atoms in total. The maximum Gasteiger partial charge on any atom is 0.336 e. The zero-order valence-electron chi connectivity index (χ0n) is 14.7. The molecule has 0 unspecified atom stereocenters. The van der Waals surface area contributed by atoms with Crippen LogP contribution in [0.15, 0.2) is 48.5 Å². The lowest BCUT2D eigenvalue weighted by Crippen LogP contribution is -2.00. The van der Waals surface area contributed by atoms with Gasteiger partial charge >= 0.3 is 5.97 Å². The van der Waals surface area contributed by atoms with E-state index in [0.717, 1.165) is 24.5 Å². The Bertz CT molecular complexity index is 653. The number of aldehydes is 1. The van der Waals surface area contributed by atoms with E-state index in [1.165, 1.54) is 25.0 Å². The van der Waals surface area contributed by atoms with Crippen molar-refractivity contribution >= 4 is 17.9 Å². The summed E-state index contributed by atoms with van der Waals surface area (Å²) in [5.74, 6) is -0.118. The van der Waals surface area contributed by atoms with Crippen molar-refractivity contribution in [3.05, 3.63) is 59.7 Å². The molecule has 0 aliphatic rings. The van der Waals surface area contributed by atoms with Crippen LogP contribution in [-0.2, 0) is 0 Å². The Morgan fingerprint density at radius 1 is 1.12 bits per heavy atom. The minimum Gasteiger partial charge on any atom is -0.494 e. The van der Waals surface area contributed by atoms with Gasteiger partial charge < -0.3 is 15.2 Å². The number of ether oxygens (including phenoxy) is 1. The molecule has 2 N–H and O–H groups in total. The van der Waals surface area contributed by atoms with Crippen molar-refractivity contribution in [1.82, 2.24) is 0 Å². The molecule has 0 fully saturated rings. The van der Waals surface area contributed by atoms with Gasteiger partial charge in [-0.3, -0.25) is 4.79 Å². The molecule has 0 aliphatic carbocycles. The molecule has 0 amide bonds. The smallest absolute Gasteiger partial charge is 0.336 e. The van der Waals surface area contributed by atoms with Crippen molar-refractivity contribution in [2.75, 3.05) is 19.0 Å². The average molecular weight is 343 g/mol. The molecular formula is C20H25NO4. The van der Waals surface area contributed by atoms with Crippen molar-refractivity contribution in [1.29, 1.82) is 0 Å². The second-order valence-electron chi connectivity index (χ2n) is 5.34. The fourth-order valence-electron chi connectivity index (χ4n) is 2.05. The first-order chi connectivity index (χ1) is 12.1. The number of unbranched alkanes of at least 4 members (excludes halogenated alkanes) is 2. The molecule has 0 bridgehead atoms. The number of carbonyl (C=O) groups excluding carboxylic acids is 1. The van der Waals surface area contributed by atoms with E-state index in [0.29, 0.717) is 6.29 Å². The predicted octanol–water partition coefficient (Wildman–Crippen LogP) is 4.49. The number of aromatic carboxylic acids is 1. The summed E-state index contributed by atoms with van der Waals surface area (Å²) in [6, 6.07) is 14.1. The molecule has 0 aromatic heterocycles. The van der Waals surface area contributed by atoms with Gasteiger partial charge in [0.15, 0.2) is 6.29 Å². The summed E-state index contributed by atoms with van der Waals surface area (Å²) in [7, 11) is 1.91. The number of rotatable bonds is 8. The van der Waals surface area contributed by atoms with Crippen LogP contribution in [0, 0.1) is 0 Å². The minimum absolute atomic E-state index is 0.0440. The summed E-state index contributed by atoms with van der Waals surface area (Å²) in [5.41, 5.74) is 1.37. The molecule has 0 spiro atoms. The Balaban J connectivity index is 0.000000257. The van der Waals surface area contributed by atoms with E-state index in [4.69, 9.17) is 9.84 Å². The molecule has 134 valence electrons. The maximum atomic E-state index is 10.4. The Kier molecular flexibility index (Phi) is 9.45. The minimum atomic E-state index is -1.08. The third-order valence-corrected chi connectivity index (χ3v) is 3.48. The second kappa shape index (κ2) is 11.7. The van der Waals surface area contributed by atoms with Crippen LogP contribution in [-0.4, -0.2) is 31.0 Å². The van der Waals surface area contributed by atoms with Crippen molar-refractivity contribution in [3.8, 4) is 5.75 Å². The second-order valence-corrected chi connectivity index (χ2v) is 5.34. The highest BCUT2D eigenvalue weighted by Crippen LogP contribution is 2.15. The number of hydrogen-bond donors (Lipinski definition) is 2. The molecule has 0 atom stereocenters. The third-order valence-electron chi connectivity index (χ3n) is 3.48. The molecule has 5 heteroatoms. The van der Waals surface area contributed by atoms with Crippen LogP contribution in [0.2, 0.25) is 0 Å². The maximum absolute atomic E-state index is 10.4. The summed E-state index contributed by atoms with van der Waals surface area (Å²) < 4.78 is 5.58. The van der Waals surface area contributed by atoms with E-state index < -0.39 is 5.97 Å². The van der Waals surface area contributed by atoms with Gasteiger partial charge in [-0.15, -0.1) is 0 Å². The van der Waals surface area contributed by atoms with Gasteiger partial charge in [-0.05, 0) is 36.8 Å². The van der Waals surface area contributed by atoms with E-state index in [2.05, 4.69) is 12.2 Å². The fourth-order valence-corrected chi connectivity index (χ4v) is 2.05. The number of carboxylic acid groups (broad SMARTS) is 1. The summed E-state index contributed by atoms with van der Waals surface area (Å²) in [4.78, 5) is 20.7. The van der Waals surface area contributed by atoms with E-state index in [1.807, 2.05) is 31.3 Å². The predicted molar refractivity (Wildman–Crippen MR) is 99.8 cm³/mol. The number of nitrogens with one attached hydrogen (secondary N) is 1. The summed E-state index contributed by atoms with van der Waals surface area (Å²) in [5, 5.41) is 11.6. The highest BCUT2D eigenvalue weighted by molar-refractivity contribution is 5.96. The molecule has 25 heavy (non-hydrogen) atoms. The zero-order chi connectivity index (χ0) is 18.5. The van der Waals surface area contributed by atoms with Crippen LogP contribution in [0.1, 0.15) is 46.9 Å². The molecule has 2 aromatic rings. The van der Waals surface area contributed by atoms with Crippen LogP contribution < -0.4 is 10.1 Å². The molecule has 0 radical (unpaired) electrons. The van der Waals surface area contributed by atoms with Gasteiger partial charge in [0, 0.05) is 18.3 Å². The highest BCUT2D eigenvalue weighted by atomic mass is 16.5. The zero-order valence-corrected chi connectivity index (χ0v) is 14.7. The molecular weight excluding hydrogens is 318 g/mol. The van der Waals surface area contributed by atoms with Crippen LogP contribution >= 0.6 is 0 Å². The number of carboxylic acids is 1. The van der Waals surface area contributed by atoms with E-state index in [1.54, 1.807) is 12.1 Å². The van der Waals surface area contributed by atoms with Crippen LogP contribution in [0.4, 0.5) is 5.69 Å². The summed E-state index contributed by atoms with van der Waals surface area (Å²) in [6.07, 6.45) is 4.16. The lowest BCUT2D eigenvalue weighted by atomic mass is 10.1. The van der Waals surface area contributed by atoms with Crippen LogP contribution in [0.3, 0.4) is 0 Å². The Morgan fingerprint density at radius 2 is 1.80 bits per heavy atom. The number of benzene rings is 2. The molecule has 0 heterocycles. The van der Waals surface area contributed by atoms with Gasteiger partial charge in [0.2, 0.25) is 0 Å². The fraction of sp³-hybridized carbons (Fsp3) is 0.300. The molecule has 0 saturated heterocycles. The van der Waals surface area contributed by atoms with E-state index in [9.17, 15) is 9.59 Å². The van der Waals surface area contributed by atoms with Crippen molar-refractivity contribution < 1.29 is 19.4 Å². The number of carbonyl (C=O) groups is 2. The largest absolute Gasteiger partial charge is 0.494 e. The van der Waals surface area contributed by atoms with Gasteiger partial charge in [0.25, 0.3) is 0 Å². The lowest BCUT2D eigenvalue weighted by molar-refractivity contribution is 0.0694. The van der Waals surface area contributed by atoms with Gasteiger partial charge in [-0.25, -0.2) is 4.79 Å². The summed E-state index contributed by atoms with van der Waals surface area (Å²) in [6.45, 7) is 3.02. The molecule has 0 aliphatic heterocycles.